The van der Waals surface area contributed by atoms with Gasteiger partial charge in [0.2, 0.25) is 5.91 Å². The van der Waals surface area contributed by atoms with Crippen LogP contribution in [0, 0.1) is 5.41 Å². The number of carboxylic acid groups (broad SMARTS) is 1. The van der Waals surface area contributed by atoms with E-state index in [1.165, 1.54) is 0 Å². The number of amides is 2. The number of aliphatic carboxylic acids is 1. The molecule has 2 fully saturated rings. The normalized spacial score (nSPS) is 27.4. The largest absolute Gasteiger partial charge is 0.480 e. The van der Waals surface area contributed by atoms with Gasteiger partial charge in [-0.05, 0) is 18.3 Å². The van der Waals surface area contributed by atoms with Crippen LogP contribution in [0.25, 0.3) is 0 Å². The first-order chi connectivity index (χ1) is 10.5. The Kier molecular flexibility index (Phi) is 4.40. The van der Waals surface area contributed by atoms with Gasteiger partial charge in [-0.2, -0.15) is 0 Å². The smallest absolute Gasteiger partial charge is 0.326 e. The minimum Gasteiger partial charge on any atom is -0.480 e. The number of aliphatic hydroxyl groups excluding tert-OH is 1. The van der Waals surface area contributed by atoms with Gasteiger partial charge < -0.3 is 20.4 Å². The number of alkyl halides is 1. The maximum atomic E-state index is 13.9. The number of carboxylic acids is 1. The lowest BCUT2D eigenvalue weighted by Crippen LogP contribution is -2.58. The highest BCUT2D eigenvalue weighted by Gasteiger charge is 2.53. The van der Waals surface area contributed by atoms with Crippen molar-refractivity contribution in [2.75, 3.05) is 6.54 Å². The van der Waals surface area contributed by atoms with E-state index in [4.69, 9.17) is 0 Å². The number of hydrogen-bond donors (Lipinski definition) is 3. The Hall–Kier alpha value is -1.70. The molecule has 0 aromatic rings. The molecule has 3 N–H and O–H groups in total. The first-order valence-corrected chi connectivity index (χ1v) is 7.67. The minimum atomic E-state index is -1.92. The molecule has 2 unspecified atom stereocenters. The van der Waals surface area contributed by atoms with Gasteiger partial charge in [-0.3, -0.25) is 9.59 Å². The number of nitrogens with one attached hydrogen (secondary N) is 1. The molecule has 2 amide bonds. The highest BCUT2D eigenvalue weighted by Crippen LogP contribution is 2.40. The summed E-state index contributed by atoms with van der Waals surface area (Å²) in [7, 11) is 0. The van der Waals surface area contributed by atoms with Gasteiger partial charge >= 0.3 is 5.97 Å². The molecule has 0 spiro atoms. The zero-order valence-electron chi connectivity index (χ0n) is 13.5. The lowest BCUT2D eigenvalue weighted by Gasteiger charge is -2.35. The lowest BCUT2D eigenvalue weighted by molar-refractivity contribution is -0.151. The number of halogens is 1. The van der Waals surface area contributed by atoms with E-state index in [9.17, 15) is 29.0 Å². The van der Waals surface area contributed by atoms with Crippen molar-refractivity contribution in [1.82, 2.24) is 10.2 Å². The third-order valence-corrected chi connectivity index (χ3v) is 4.33. The van der Waals surface area contributed by atoms with Crippen molar-refractivity contribution in [3.05, 3.63) is 0 Å². The number of nitrogens with zero attached hydrogens (tertiary/aromatic N) is 1. The van der Waals surface area contributed by atoms with Gasteiger partial charge in [0, 0.05) is 13.0 Å². The Bertz CT molecular complexity index is 526. The first-order valence-electron chi connectivity index (χ1n) is 7.67. The zero-order chi connectivity index (χ0) is 17.6. The van der Waals surface area contributed by atoms with Gasteiger partial charge in [-0.1, -0.05) is 20.8 Å². The van der Waals surface area contributed by atoms with Crippen molar-refractivity contribution in [3.8, 4) is 0 Å². The number of carbonyl (C=O) groups is 3. The Balaban J connectivity index is 2.19. The van der Waals surface area contributed by atoms with E-state index in [1.54, 1.807) is 20.8 Å². The molecule has 3 atom stereocenters. The number of carbonyl (C=O) groups excluding carboxylic acids is 2. The molecule has 1 aliphatic heterocycles. The Labute approximate surface area is 133 Å². The van der Waals surface area contributed by atoms with Gasteiger partial charge in [-0.25, -0.2) is 9.18 Å². The molecule has 7 nitrogen and oxygen atoms in total. The van der Waals surface area contributed by atoms with E-state index >= 15 is 0 Å². The summed E-state index contributed by atoms with van der Waals surface area (Å²) in [6.07, 6.45) is -0.722. The third kappa shape index (κ3) is 3.63. The fourth-order valence-electron chi connectivity index (χ4n) is 2.70. The maximum Gasteiger partial charge on any atom is 0.326 e. The number of rotatable bonds is 4. The van der Waals surface area contributed by atoms with Gasteiger partial charge in [-0.15, -0.1) is 0 Å². The Morgan fingerprint density at radius 1 is 1.30 bits per heavy atom. The molecule has 23 heavy (non-hydrogen) atoms. The predicted molar refractivity (Wildman–Crippen MR) is 78.2 cm³/mol. The van der Waals surface area contributed by atoms with Crippen LogP contribution >= 0.6 is 0 Å². The second kappa shape index (κ2) is 5.74. The summed E-state index contributed by atoms with van der Waals surface area (Å²) < 4.78 is 13.9. The SMILES string of the molecule is CC(C)(C)C(NC(=O)C1(F)CC1)C(=O)N1C[C@H](O)CC1C(=O)O. The number of hydrogen-bond acceptors (Lipinski definition) is 4. The highest BCUT2D eigenvalue weighted by molar-refractivity contribution is 5.95. The average molecular weight is 330 g/mol. The topological polar surface area (TPSA) is 107 Å². The van der Waals surface area contributed by atoms with Crippen LogP contribution < -0.4 is 5.32 Å². The van der Waals surface area contributed by atoms with Crippen LogP contribution in [0.3, 0.4) is 0 Å². The number of likely N-dealkylation sites (tertiary alicyclic amines) is 1. The van der Waals surface area contributed by atoms with Gasteiger partial charge in [0.1, 0.15) is 12.1 Å². The van der Waals surface area contributed by atoms with Crippen LogP contribution in [0.15, 0.2) is 0 Å². The maximum absolute atomic E-state index is 13.9. The van der Waals surface area contributed by atoms with Gasteiger partial charge in [0.25, 0.3) is 5.91 Å². The number of aliphatic hydroxyl groups is 1. The molecule has 1 aliphatic carbocycles. The number of β-amino-alcohol motifs (C(OH)–C–C–N with tert-alkyl or cyclic N) is 1. The van der Waals surface area contributed by atoms with Crippen molar-refractivity contribution < 1.29 is 29.0 Å². The molecule has 130 valence electrons. The molecular weight excluding hydrogens is 307 g/mol. The van der Waals surface area contributed by atoms with E-state index in [0.717, 1.165) is 4.90 Å². The summed E-state index contributed by atoms with van der Waals surface area (Å²) in [5, 5.41) is 21.3. The summed E-state index contributed by atoms with van der Waals surface area (Å²) in [6.45, 7) is 5.00. The summed E-state index contributed by atoms with van der Waals surface area (Å²) >= 11 is 0. The fourth-order valence-corrected chi connectivity index (χ4v) is 2.70. The molecule has 2 aliphatic rings. The monoisotopic (exact) mass is 330 g/mol. The van der Waals surface area contributed by atoms with Crippen LogP contribution in [0.2, 0.25) is 0 Å². The van der Waals surface area contributed by atoms with Gasteiger partial charge in [0.05, 0.1) is 6.10 Å². The third-order valence-electron chi connectivity index (χ3n) is 4.33. The standard InChI is InChI=1S/C15H23FN2O5/c1-14(2,3)10(17-13(23)15(16)4-5-15)11(20)18-7-8(19)6-9(18)12(21)22/h8-10,19H,4-7H2,1-3H3,(H,17,23)(H,21,22)/t8-,9?,10?/m1/s1. The second-order valence-corrected chi connectivity index (χ2v) is 7.47. The molecule has 1 saturated heterocycles. The second-order valence-electron chi connectivity index (χ2n) is 7.47. The van der Waals surface area contributed by atoms with Crippen molar-refractivity contribution in [3.63, 3.8) is 0 Å². The Morgan fingerprint density at radius 3 is 2.30 bits per heavy atom. The van der Waals surface area contributed by atoms with Crippen molar-refractivity contribution >= 4 is 17.8 Å². The summed E-state index contributed by atoms with van der Waals surface area (Å²) in [5.74, 6) is -2.66. The van der Waals surface area contributed by atoms with Crippen molar-refractivity contribution in [2.45, 2.75) is 63.9 Å². The van der Waals surface area contributed by atoms with E-state index in [0.29, 0.717) is 0 Å². The summed E-state index contributed by atoms with van der Waals surface area (Å²) in [6, 6.07) is -2.20. The van der Waals surface area contributed by atoms with E-state index in [2.05, 4.69) is 5.32 Å². The van der Waals surface area contributed by atoms with E-state index in [-0.39, 0.29) is 25.8 Å². The van der Waals surface area contributed by atoms with E-state index in [1.807, 2.05) is 0 Å². The summed E-state index contributed by atoms with van der Waals surface area (Å²) in [5.41, 5.74) is -2.64. The van der Waals surface area contributed by atoms with E-state index < -0.39 is 47.1 Å². The lowest BCUT2D eigenvalue weighted by atomic mass is 9.85. The molecule has 1 saturated carbocycles. The van der Waals surface area contributed by atoms with Crippen LogP contribution in [0.4, 0.5) is 4.39 Å². The molecule has 0 bridgehead atoms. The molecule has 8 heteroatoms. The van der Waals surface area contributed by atoms with Crippen LogP contribution in [-0.4, -0.2) is 63.3 Å². The minimum absolute atomic E-state index is 0.0566. The van der Waals surface area contributed by atoms with Gasteiger partial charge in [0.15, 0.2) is 5.67 Å². The molecule has 0 aromatic carbocycles. The average Bonchev–Trinajstić information content (AvgIpc) is 3.04. The van der Waals surface area contributed by atoms with Crippen LogP contribution in [-0.2, 0) is 14.4 Å². The molecule has 0 radical (unpaired) electrons. The molecule has 2 rings (SSSR count). The summed E-state index contributed by atoms with van der Waals surface area (Å²) in [4.78, 5) is 37.0. The molecular formula is C15H23FN2O5. The molecule has 0 aromatic heterocycles. The van der Waals surface area contributed by atoms with Crippen LogP contribution in [0.1, 0.15) is 40.0 Å². The van der Waals surface area contributed by atoms with Crippen molar-refractivity contribution in [1.29, 1.82) is 0 Å². The highest BCUT2D eigenvalue weighted by atomic mass is 19.1. The fraction of sp³-hybridized carbons (Fsp3) is 0.800. The quantitative estimate of drug-likeness (QED) is 0.676. The van der Waals surface area contributed by atoms with Crippen LogP contribution in [0.5, 0.6) is 0 Å². The zero-order valence-corrected chi connectivity index (χ0v) is 13.5. The Morgan fingerprint density at radius 2 is 1.87 bits per heavy atom. The predicted octanol–water partition coefficient (Wildman–Crippen LogP) is 0.0658. The first kappa shape index (κ1) is 17.7. The molecule has 1 heterocycles. The van der Waals surface area contributed by atoms with Crippen molar-refractivity contribution in [2.24, 2.45) is 5.41 Å².